The van der Waals surface area contributed by atoms with Crippen molar-refractivity contribution in [2.75, 3.05) is 18.6 Å². The second-order valence-electron chi connectivity index (χ2n) is 4.51. The zero-order valence-corrected chi connectivity index (χ0v) is 9.35. The fraction of sp³-hybridized carbons (Fsp3) is 0.462. The van der Waals surface area contributed by atoms with Crippen LogP contribution in [0.25, 0.3) is 0 Å². The summed E-state index contributed by atoms with van der Waals surface area (Å²) in [7, 11) is 1.47. The zero-order chi connectivity index (χ0) is 11.1. The highest BCUT2D eigenvalue weighted by Crippen LogP contribution is 2.44. The van der Waals surface area contributed by atoms with Gasteiger partial charge in [-0.25, -0.2) is 4.79 Å². The lowest BCUT2D eigenvalue weighted by Crippen LogP contribution is -2.51. The van der Waals surface area contributed by atoms with Gasteiger partial charge < -0.3 is 9.64 Å². The standard InChI is InChI=1S/C13H15NO2/c1-16-13(15)12-8-9-6-7-14(12)11-5-3-2-4-10(9)11/h2-5,9,12H,6-8H2,1H3. The highest BCUT2D eigenvalue weighted by Gasteiger charge is 2.40. The molecule has 3 nitrogen and oxygen atoms in total. The number of carbonyl (C=O) groups is 1. The summed E-state index contributed by atoms with van der Waals surface area (Å²) in [5.41, 5.74) is 2.62. The predicted octanol–water partition coefficient (Wildman–Crippen LogP) is 1.93. The zero-order valence-electron chi connectivity index (χ0n) is 9.35. The smallest absolute Gasteiger partial charge is 0.328 e. The summed E-state index contributed by atoms with van der Waals surface area (Å²) in [6, 6.07) is 8.33. The van der Waals surface area contributed by atoms with Crippen LogP contribution >= 0.6 is 0 Å². The number of nitrogens with zero attached hydrogens (tertiary/aromatic N) is 1. The number of carbonyl (C=O) groups excluding carboxylic acids is 1. The third-order valence-electron chi connectivity index (χ3n) is 3.76. The van der Waals surface area contributed by atoms with E-state index in [2.05, 4.69) is 23.1 Å². The van der Waals surface area contributed by atoms with Crippen LogP contribution in [0.1, 0.15) is 24.3 Å². The van der Waals surface area contributed by atoms with Crippen molar-refractivity contribution in [3.63, 3.8) is 0 Å². The SMILES string of the molecule is COC(=O)C1CC2CCN1c1ccccc12. The van der Waals surface area contributed by atoms with Crippen molar-refractivity contribution >= 4 is 11.7 Å². The summed E-state index contributed by atoms with van der Waals surface area (Å²) < 4.78 is 4.88. The van der Waals surface area contributed by atoms with Gasteiger partial charge >= 0.3 is 5.97 Å². The van der Waals surface area contributed by atoms with Gasteiger partial charge in [-0.1, -0.05) is 18.2 Å². The number of hydrogen-bond acceptors (Lipinski definition) is 3. The van der Waals surface area contributed by atoms with Crippen molar-refractivity contribution < 1.29 is 9.53 Å². The number of rotatable bonds is 1. The fourth-order valence-corrected chi connectivity index (χ4v) is 2.99. The Labute approximate surface area is 95.0 Å². The molecule has 0 amide bonds. The monoisotopic (exact) mass is 217 g/mol. The Morgan fingerprint density at radius 2 is 2.25 bits per heavy atom. The first-order valence-corrected chi connectivity index (χ1v) is 5.74. The van der Waals surface area contributed by atoms with E-state index in [0.717, 1.165) is 19.4 Å². The highest BCUT2D eigenvalue weighted by molar-refractivity contribution is 5.82. The Morgan fingerprint density at radius 1 is 1.44 bits per heavy atom. The lowest BCUT2D eigenvalue weighted by atomic mass is 9.79. The Bertz CT molecular complexity index is 430. The minimum atomic E-state index is -0.0980. The number of hydrogen-bond donors (Lipinski definition) is 0. The molecule has 3 aliphatic rings. The Hall–Kier alpha value is -1.51. The van der Waals surface area contributed by atoms with Crippen LogP contribution in [0.15, 0.2) is 24.3 Å². The van der Waals surface area contributed by atoms with Crippen LogP contribution in [0.3, 0.4) is 0 Å². The predicted molar refractivity (Wildman–Crippen MR) is 61.6 cm³/mol. The minimum Gasteiger partial charge on any atom is -0.467 e. The second-order valence-corrected chi connectivity index (χ2v) is 4.51. The maximum Gasteiger partial charge on any atom is 0.328 e. The highest BCUT2D eigenvalue weighted by atomic mass is 16.5. The van der Waals surface area contributed by atoms with E-state index >= 15 is 0 Å². The van der Waals surface area contributed by atoms with Gasteiger partial charge in [0.05, 0.1) is 7.11 Å². The topological polar surface area (TPSA) is 29.5 Å². The lowest BCUT2D eigenvalue weighted by Gasteiger charge is -2.46. The normalized spacial score (nSPS) is 26.4. The molecule has 0 spiro atoms. The van der Waals surface area contributed by atoms with Crippen LogP contribution < -0.4 is 4.90 Å². The van der Waals surface area contributed by atoms with Crippen molar-refractivity contribution in [3.8, 4) is 0 Å². The Balaban J connectivity index is 2.02. The van der Waals surface area contributed by atoms with E-state index in [0.29, 0.717) is 5.92 Å². The average molecular weight is 217 g/mol. The number of fused-ring (bicyclic) bond motifs is 2. The first-order chi connectivity index (χ1) is 7.81. The van der Waals surface area contributed by atoms with E-state index in [1.807, 2.05) is 6.07 Å². The van der Waals surface area contributed by atoms with Crippen molar-refractivity contribution in [3.05, 3.63) is 29.8 Å². The van der Waals surface area contributed by atoms with Crippen LogP contribution in [0.2, 0.25) is 0 Å². The number of ether oxygens (including phenoxy) is 1. The molecule has 84 valence electrons. The largest absolute Gasteiger partial charge is 0.467 e. The molecular formula is C13H15NO2. The van der Waals surface area contributed by atoms with Gasteiger partial charge in [0.1, 0.15) is 6.04 Å². The molecule has 1 fully saturated rings. The second kappa shape index (κ2) is 3.51. The molecule has 1 aromatic rings. The maximum atomic E-state index is 11.7. The number of piperidine rings is 1. The number of esters is 1. The van der Waals surface area contributed by atoms with Crippen LogP contribution in [0, 0.1) is 0 Å². The first-order valence-electron chi connectivity index (χ1n) is 5.74. The molecule has 3 aliphatic heterocycles. The van der Waals surface area contributed by atoms with Crippen molar-refractivity contribution in [2.45, 2.75) is 24.8 Å². The molecule has 0 radical (unpaired) electrons. The minimum absolute atomic E-state index is 0.0707. The molecule has 2 unspecified atom stereocenters. The Morgan fingerprint density at radius 3 is 3.06 bits per heavy atom. The molecule has 0 aromatic heterocycles. The molecule has 1 saturated heterocycles. The third-order valence-corrected chi connectivity index (χ3v) is 3.76. The van der Waals surface area contributed by atoms with Crippen molar-refractivity contribution in [1.82, 2.24) is 0 Å². The number of methoxy groups -OCH3 is 1. The van der Waals surface area contributed by atoms with Gasteiger partial charge in [0.2, 0.25) is 0 Å². The molecule has 0 saturated carbocycles. The molecule has 0 aliphatic carbocycles. The van der Waals surface area contributed by atoms with E-state index in [1.54, 1.807) is 0 Å². The number of anilines is 1. The first kappa shape index (κ1) is 9.70. The van der Waals surface area contributed by atoms with E-state index in [9.17, 15) is 4.79 Å². The third kappa shape index (κ3) is 1.24. The molecule has 16 heavy (non-hydrogen) atoms. The quantitative estimate of drug-likeness (QED) is 0.673. The molecular weight excluding hydrogens is 202 g/mol. The summed E-state index contributed by atoms with van der Waals surface area (Å²) in [5, 5.41) is 0. The van der Waals surface area contributed by atoms with Gasteiger partial charge in [-0.15, -0.1) is 0 Å². The molecule has 0 N–H and O–H groups in total. The molecule has 1 aromatic carbocycles. The van der Waals surface area contributed by atoms with Crippen molar-refractivity contribution in [2.24, 2.45) is 0 Å². The Kier molecular flexibility index (Phi) is 2.13. The number of para-hydroxylation sites is 1. The summed E-state index contributed by atoms with van der Waals surface area (Å²) in [6.07, 6.45) is 2.06. The van der Waals surface area contributed by atoms with Gasteiger partial charge in [0.15, 0.2) is 0 Å². The lowest BCUT2D eigenvalue weighted by molar-refractivity contribution is -0.143. The summed E-state index contributed by atoms with van der Waals surface area (Å²) in [4.78, 5) is 13.9. The van der Waals surface area contributed by atoms with Crippen LogP contribution in [-0.4, -0.2) is 25.7 Å². The molecule has 4 rings (SSSR count). The fourth-order valence-electron chi connectivity index (χ4n) is 2.99. The summed E-state index contributed by atoms with van der Waals surface area (Å²) in [5.74, 6) is 0.435. The van der Waals surface area contributed by atoms with E-state index in [-0.39, 0.29) is 12.0 Å². The molecule has 3 heterocycles. The van der Waals surface area contributed by atoms with Gasteiger partial charge in [-0.05, 0) is 30.4 Å². The summed E-state index contributed by atoms with van der Waals surface area (Å²) in [6.45, 7) is 0.974. The number of benzene rings is 1. The van der Waals surface area contributed by atoms with Crippen LogP contribution in [-0.2, 0) is 9.53 Å². The van der Waals surface area contributed by atoms with Gasteiger partial charge in [0, 0.05) is 12.2 Å². The average Bonchev–Trinajstić information content (AvgIpc) is 2.38. The van der Waals surface area contributed by atoms with Gasteiger partial charge in [-0.2, -0.15) is 0 Å². The van der Waals surface area contributed by atoms with Crippen molar-refractivity contribution in [1.29, 1.82) is 0 Å². The molecule has 3 heteroatoms. The van der Waals surface area contributed by atoms with Crippen LogP contribution in [0.4, 0.5) is 5.69 Å². The molecule has 2 atom stereocenters. The summed E-state index contributed by atoms with van der Waals surface area (Å²) >= 11 is 0. The van der Waals surface area contributed by atoms with E-state index < -0.39 is 0 Å². The van der Waals surface area contributed by atoms with Gasteiger partial charge in [-0.3, -0.25) is 0 Å². The molecule has 2 bridgehead atoms. The van der Waals surface area contributed by atoms with Crippen LogP contribution in [0.5, 0.6) is 0 Å². The van der Waals surface area contributed by atoms with E-state index in [4.69, 9.17) is 4.74 Å². The van der Waals surface area contributed by atoms with E-state index in [1.165, 1.54) is 18.4 Å². The van der Waals surface area contributed by atoms with Gasteiger partial charge in [0.25, 0.3) is 0 Å². The maximum absolute atomic E-state index is 11.7.